The monoisotopic (exact) mass is 635 g/mol. The van der Waals surface area contributed by atoms with Crippen molar-refractivity contribution in [1.82, 2.24) is 0 Å². The number of esters is 2. The second kappa shape index (κ2) is 16.3. The number of anilines is 1. The van der Waals surface area contributed by atoms with E-state index in [1.165, 1.54) is 0 Å². The second-order valence-electron chi connectivity index (χ2n) is 9.52. The van der Waals surface area contributed by atoms with E-state index in [1.54, 1.807) is 48.5 Å². The number of carbonyl (C=O) groups excluding carboxylic acids is 2. The molecule has 4 rings (SSSR count). The zero-order valence-corrected chi connectivity index (χ0v) is 27.1. The van der Waals surface area contributed by atoms with Crippen molar-refractivity contribution < 1.29 is 28.4 Å². The van der Waals surface area contributed by atoms with Crippen LogP contribution >= 0.6 is 17.0 Å². The Bertz CT molecular complexity index is 1450. The lowest BCUT2D eigenvalue weighted by atomic mass is 10.1. The molecule has 0 aliphatic rings. The van der Waals surface area contributed by atoms with E-state index in [0.29, 0.717) is 47.1 Å². The first-order chi connectivity index (χ1) is 19.7. The van der Waals surface area contributed by atoms with Gasteiger partial charge in [-0.25, -0.2) is 14.2 Å². The van der Waals surface area contributed by atoms with Crippen LogP contribution in [0, 0.1) is 20.8 Å². The molecule has 0 spiro atoms. The maximum atomic E-state index is 12.8. The van der Waals surface area contributed by atoms with Gasteiger partial charge in [0.2, 0.25) is 0 Å². The third-order valence-corrected chi connectivity index (χ3v) is 6.48. The molecule has 1 heterocycles. The van der Waals surface area contributed by atoms with E-state index in [2.05, 4.69) is 21.6 Å². The van der Waals surface area contributed by atoms with E-state index >= 15 is 0 Å². The molecular weight excluding hydrogens is 596 g/mol. The summed E-state index contributed by atoms with van der Waals surface area (Å²) in [5.41, 5.74) is 4.51. The van der Waals surface area contributed by atoms with Crippen molar-refractivity contribution in [1.29, 1.82) is 0 Å². The van der Waals surface area contributed by atoms with Crippen LogP contribution in [-0.2, 0) is 6.54 Å². The first kappa shape index (κ1) is 34.0. The highest BCUT2D eigenvalue weighted by atomic mass is 79.9. The van der Waals surface area contributed by atoms with Gasteiger partial charge in [0.15, 0.2) is 18.9 Å². The summed E-state index contributed by atoms with van der Waals surface area (Å²) in [6, 6.07) is 21.4. The largest absolute Gasteiger partial charge is 0.487 e. The van der Waals surface area contributed by atoms with Crippen LogP contribution in [0.3, 0.4) is 0 Å². The van der Waals surface area contributed by atoms with Gasteiger partial charge in [-0.15, -0.1) is 17.0 Å². The summed E-state index contributed by atoms with van der Waals surface area (Å²) in [6.45, 7) is 10.8. The Kier molecular flexibility index (Phi) is 13.2. The van der Waals surface area contributed by atoms with Crippen LogP contribution in [0.25, 0.3) is 0 Å². The van der Waals surface area contributed by atoms with E-state index in [4.69, 9.17) is 14.2 Å². The smallest absolute Gasteiger partial charge is 0.343 e. The predicted molar refractivity (Wildman–Crippen MR) is 172 cm³/mol. The topological polar surface area (TPSA) is 68.9 Å². The molecule has 4 aromatic rings. The number of hydrogen-bond donors (Lipinski definition) is 0. The van der Waals surface area contributed by atoms with Gasteiger partial charge in [-0.3, -0.25) is 0 Å². The second-order valence-corrected chi connectivity index (χ2v) is 9.52. The fourth-order valence-corrected chi connectivity index (χ4v) is 3.85. The molecule has 42 heavy (non-hydrogen) atoms. The SMILES string of the molecule is Br.CC.Cc1ccc(C(=O)Oc2ccc(OC(=O)c3ccc(OCC[n+]4ccc(N(C)C)cc4)cc3)c(C)c2C)cc1. The van der Waals surface area contributed by atoms with Crippen molar-refractivity contribution in [3.05, 3.63) is 113 Å². The molecule has 0 radical (unpaired) electrons. The van der Waals surface area contributed by atoms with Gasteiger partial charge in [-0.1, -0.05) is 31.5 Å². The fourth-order valence-electron chi connectivity index (χ4n) is 3.85. The Balaban J connectivity index is 0.00000201. The van der Waals surface area contributed by atoms with E-state index < -0.39 is 11.9 Å². The molecule has 222 valence electrons. The predicted octanol–water partition coefficient (Wildman–Crippen LogP) is 7.09. The molecule has 0 aliphatic carbocycles. The third kappa shape index (κ3) is 9.17. The zero-order chi connectivity index (χ0) is 29.9. The molecule has 8 heteroatoms. The number of aryl methyl sites for hydroxylation is 1. The van der Waals surface area contributed by atoms with Gasteiger partial charge in [0.1, 0.15) is 23.9 Å². The fraction of sp³-hybridized carbons (Fsp3) is 0.265. The van der Waals surface area contributed by atoms with Gasteiger partial charge in [-0.2, -0.15) is 0 Å². The number of nitrogens with zero attached hydrogens (tertiary/aromatic N) is 2. The van der Waals surface area contributed by atoms with Crippen LogP contribution in [0.1, 0.15) is 51.3 Å². The van der Waals surface area contributed by atoms with Crippen LogP contribution in [-0.4, -0.2) is 32.6 Å². The number of hydrogen-bond acceptors (Lipinski definition) is 6. The van der Waals surface area contributed by atoms with E-state index in [9.17, 15) is 9.59 Å². The van der Waals surface area contributed by atoms with Gasteiger partial charge < -0.3 is 19.1 Å². The number of benzene rings is 3. The van der Waals surface area contributed by atoms with Crippen molar-refractivity contribution in [2.45, 2.75) is 41.2 Å². The summed E-state index contributed by atoms with van der Waals surface area (Å²) in [5, 5.41) is 0. The van der Waals surface area contributed by atoms with Crippen molar-refractivity contribution in [2.24, 2.45) is 0 Å². The minimum atomic E-state index is -0.481. The highest BCUT2D eigenvalue weighted by molar-refractivity contribution is 8.93. The molecule has 0 aliphatic heterocycles. The van der Waals surface area contributed by atoms with Crippen LogP contribution in [0.4, 0.5) is 5.69 Å². The molecule has 3 aromatic carbocycles. The third-order valence-electron chi connectivity index (χ3n) is 6.48. The van der Waals surface area contributed by atoms with Gasteiger partial charge in [0.05, 0.1) is 11.1 Å². The normalized spacial score (nSPS) is 9.98. The lowest BCUT2D eigenvalue weighted by molar-refractivity contribution is -0.697. The molecule has 0 saturated carbocycles. The summed E-state index contributed by atoms with van der Waals surface area (Å²) >= 11 is 0. The van der Waals surface area contributed by atoms with Crippen molar-refractivity contribution in [2.75, 3.05) is 25.6 Å². The van der Waals surface area contributed by atoms with E-state index in [1.807, 2.05) is 73.2 Å². The van der Waals surface area contributed by atoms with Crippen LogP contribution in [0.15, 0.2) is 85.2 Å². The molecule has 0 amide bonds. The number of rotatable bonds is 9. The van der Waals surface area contributed by atoms with E-state index in [-0.39, 0.29) is 17.0 Å². The molecule has 0 saturated heterocycles. The van der Waals surface area contributed by atoms with Gasteiger partial charge >= 0.3 is 11.9 Å². The Morgan fingerprint density at radius 2 is 1.14 bits per heavy atom. The van der Waals surface area contributed by atoms with Gasteiger partial charge in [0, 0.05) is 31.9 Å². The zero-order valence-electron chi connectivity index (χ0n) is 25.3. The summed E-state index contributed by atoms with van der Waals surface area (Å²) in [6.07, 6.45) is 4.03. The van der Waals surface area contributed by atoms with Crippen molar-refractivity contribution in [3.8, 4) is 17.2 Å². The molecule has 0 N–H and O–H groups in total. The Labute approximate surface area is 259 Å². The van der Waals surface area contributed by atoms with Gasteiger partial charge in [0.25, 0.3) is 0 Å². The minimum Gasteiger partial charge on any atom is -0.487 e. The molecule has 0 fully saturated rings. The maximum Gasteiger partial charge on any atom is 0.343 e. The standard InChI is InChI=1S/C32H33N2O5.C2H6.BrH/c1-22-6-8-25(9-7-22)31(35)38-29-14-15-30(24(3)23(29)2)39-32(36)26-10-12-28(13-11-26)37-21-20-34-18-16-27(17-19-34)33(4)5;1-2;/h6-19H,20-21H2,1-5H3;1-2H3;1H/q+1;;. The molecule has 1 aromatic heterocycles. The van der Waals surface area contributed by atoms with Crippen LogP contribution in [0.2, 0.25) is 0 Å². The molecule has 0 atom stereocenters. The average Bonchev–Trinajstić information content (AvgIpc) is 2.99. The number of halogens is 1. The lowest BCUT2D eigenvalue weighted by Gasteiger charge is -2.14. The van der Waals surface area contributed by atoms with Crippen molar-refractivity contribution in [3.63, 3.8) is 0 Å². The maximum absolute atomic E-state index is 12.8. The van der Waals surface area contributed by atoms with Crippen LogP contribution < -0.4 is 23.7 Å². The number of carbonyl (C=O) groups is 2. The number of ether oxygens (including phenoxy) is 3. The quantitative estimate of drug-likeness (QED) is 0.111. The minimum absolute atomic E-state index is 0. The first-order valence-electron chi connectivity index (χ1n) is 13.7. The van der Waals surface area contributed by atoms with E-state index in [0.717, 1.165) is 16.8 Å². The Morgan fingerprint density at radius 3 is 1.60 bits per heavy atom. The Morgan fingerprint density at radius 1 is 0.690 bits per heavy atom. The Hall–Kier alpha value is -4.17. The number of aromatic nitrogens is 1. The number of pyridine rings is 1. The summed E-state index contributed by atoms with van der Waals surface area (Å²) in [7, 11) is 4.01. The summed E-state index contributed by atoms with van der Waals surface area (Å²) in [4.78, 5) is 27.4. The van der Waals surface area contributed by atoms with Gasteiger partial charge in [-0.05, 0) is 80.4 Å². The first-order valence-corrected chi connectivity index (χ1v) is 13.7. The summed E-state index contributed by atoms with van der Waals surface area (Å²) < 4.78 is 19.1. The van der Waals surface area contributed by atoms with Crippen molar-refractivity contribution >= 4 is 34.6 Å². The lowest BCUT2D eigenvalue weighted by Crippen LogP contribution is -2.35. The highest BCUT2D eigenvalue weighted by Gasteiger charge is 2.16. The summed E-state index contributed by atoms with van der Waals surface area (Å²) in [5.74, 6) is 0.579. The molecule has 0 bridgehead atoms. The molecule has 7 nitrogen and oxygen atoms in total. The molecular formula is C34H40BrN2O5+. The molecule has 0 unspecified atom stereocenters. The van der Waals surface area contributed by atoms with Crippen LogP contribution in [0.5, 0.6) is 17.2 Å². The highest BCUT2D eigenvalue weighted by Crippen LogP contribution is 2.30. The average molecular weight is 637 g/mol.